The fraction of sp³-hybridized carbons (Fsp3) is 0.316. The largest absolute Gasteiger partial charge is 0.481 e. The highest BCUT2D eigenvalue weighted by atomic mass is 35.5. The molecule has 0 bridgehead atoms. The predicted octanol–water partition coefficient (Wildman–Crippen LogP) is 4.07. The first-order chi connectivity index (χ1) is 11.0. The fourth-order valence-corrected chi connectivity index (χ4v) is 3.22. The van der Waals surface area contributed by atoms with E-state index in [1.165, 1.54) is 0 Å². The summed E-state index contributed by atoms with van der Waals surface area (Å²) in [6, 6.07) is 17.1. The van der Waals surface area contributed by atoms with E-state index in [-0.39, 0.29) is 6.42 Å². The van der Waals surface area contributed by atoms with E-state index >= 15 is 0 Å². The molecule has 2 N–H and O–H groups in total. The van der Waals surface area contributed by atoms with E-state index in [1.807, 2.05) is 54.6 Å². The zero-order valence-corrected chi connectivity index (χ0v) is 13.8. The summed E-state index contributed by atoms with van der Waals surface area (Å²) in [5.41, 5.74) is 1.14. The zero-order valence-electron chi connectivity index (χ0n) is 13.1. The van der Waals surface area contributed by atoms with E-state index in [0.29, 0.717) is 17.9 Å². The first-order valence-corrected chi connectivity index (χ1v) is 8.02. The second-order valence-electron chi connectivity index (χ2n) is 5.86. The number of aliphatic hydroxyl groups excluding tert-OH is 1. The minimum Gasteiger partial charge on any atom is -0.481 e. The van der Waals surface area contributed by atoms with Crippen molar-refractivity contribution in [2.24, 2.45) is 0 Å². The van der Waals surface area contributed by atoms with Gasteiger partial charge in [0.1, 0.15) is 0 Å². The molecule has 2 aromatic rings. The van der Waals surface area contributed by atoms with Gasteiger partial charge in [-0.15, -0.1) is 0 Å². The molecule has 2 unspecified atom stereocenters. The molecule has 4 heteroatoms. The molecule has 0 fully saturated rings. The van der Waals surface area contributed by atoms with Crippen molar-refractivity contribution in [2.45, 2.75) is 37.7 Å². The third-order valence-electron chi connectivity index (χ3n) is 4.40. The highest BCUT2D eigenvalue weighted by molar-refractivity contribution is 6.31. The number of hydrogen-bond donors (Lipinski definition) is 2. The number of aliphatic hydroxyl groups is 1. The van der Waals surface area contributed by atoms with Gasteiger partial charge in [-0.3, -0.25) is 4.79 Å². The van der Waals surface area contributed by atoms with Crippen LogP contribution in [-0.4, -0.2) is 22.3 Å². The van der Waals surface area contributed by atoms with Gasteiger partial charge >= 0.3 is 5.97 Å². The summed E-state index contributed by atoms with van der Waals surface area (Å²) < 4.78 is 0. The van der Waals surface area contributed by atoms with Gasteiger partial charge in [0.05, 0.1) is 6.10 Å². The van der Waals surface area contributed by atoms with Gasteiger partial charge in [0.25, 0.3) is 0 Å². The molecule has 0 aliphatic heterocycles. The van der Waals surface area contributed by atoms with E-state index in [0.717, 1.165) is 11.1 Å². The summed E-state index contributed by atoms with van der Waals surface area (Å²) in [5, 5.41) is 20.3. The van der Waals surface area contributed by atoms with Gasteiger partial charge in [0.2, 0.25) is 0 Å². The number of aliphatic carboxylic acids is 1. The Hall–Kier alpha value is -1.84. The van der Waals surface area contributed by atoms with Crippen LogP contribution in [-0.2, 0) is 16.6 Å². The number of rotatable bonds is 7. The van der Waals surface area contributed by atoms with Crippen molar-refractivity contribution in [3.8, 4) is 0 Å². The maximum Gasteiger partial charge on any atom is 0.303 e. The first-order valence-electron chi connectivity index (χ1n) is 7.64. The van der Waals surface area contributed by atoms with Crippen molar-refractivity contribution in [3.63, 3.8) is 0 Å². The Balaban J connectivity index is 2.48. The van der Waals surface area contributed by atoms with Crippen molar-refractivity contribution in [3.05, 3.63) is 70.7 Å². The van der Waals surface area contributed by atoms with Crippen LogP contribution in [0.2, 0.25) is 5.02 Å². The van der Waals surface area contributed by atoms with Crippen LogP contribution in [0.5, 0.6) is 0 Å². The molecule has 23 heavy (non-hydrogen) atoms. The van der Waals surface area contributed by atoms with Crippen LogP contribution in [0.25, 0.3) is 0 Å². The van der Waals surface area contributed by atoms with Crippen LogP contribution in [0.15, 0.2) is 54.6 Å². The quantitative estimate of drug-likeness (QED) is 0.803. The molecular weight excluding hydrogens is 312 g/mol. The van der Waals surface area contributed by atoms with Crippen molar-refractivity contribution in [1.82, 2.24) is 0 Å². The Labute approximate surface area is 141 Å². The first kappa shape index (κ1) is 17.5. The minimum atomic E-state index is -0.870. The molecule has 0 aromatic heterocycles. The molecule has 0 saturated carbocycles. The van der Waals surface area contributed by atoms with E-state index in [2.05, 4.69) is 0 Å². The molecule has 0 aliphatic carbocycles. The molecule has 122 valence electrons. The SMILES string of the molecule is CC(O)C(CCC(=O)O)(Cc1ccccc1Cl)c1ccccc1. The third kappa shape index (κ3) is 4.12. The van der Waals surface area contributed by atoms with E-state index in [4.69, 9.17) is 16.7 Å². The summed E-state index contributed by atoms with van der Waals surface area (Å²) in [7, 11) is 0. The minimum absolute atomic E-state index is 0.00968. The van der Waals surface area contributed by atoms with Crippen LogP contribution < -0.4 is 0 Å². The van der Waals surface area contributed by atoms with Gasteiger partial charge in [-0.2, -0.15) is 0 Å². The average molecular weight is 333 g/mol. The Morgan fingerprint density at radius 2 is 1.74 bits per heavy atom. The van der Waals surface area contributed by atoms with Gasteiger partial charge in [-0.1, -0.05) is 60.1 Å². The van der Waals surface area contributed by atoms with Gasteiger partial charge in [-0.25, -0.2) is 0 Å². The highest BCUT2D eigenvalue weighted by Crippen LogP contribution is 2.38. The summed E-state index contributed by atoms with van der Waals surface area (Å²) in [6.07, 6.45) is 0.113. The van der Waals surface area contributed by atoms with Crippen LogP contribution >= 0.6 is 11.6 Å². The van der Waals surface area contributed by atoms with Crippen molar-refractivity contribution in [1.29, 1.82) is 0 Å². The topological polar surface area (TPSA) is 57.5 Å². The number of carbonyl (C=O) groups is 1. The van der Waals surface area contributed by atoms with Crippen molar-refractivity contribution < 1.29 is 15.0 Å². The molecule has 0 saturated heterocycles. The third-order valence-corrected chi connectivity index (χ3v) is 4.77. The lowest BCUT2D eigenvalue weighted by Gasteiger charge is -2.37. The summed E-state index contributed by atoms with van der Waals surface area (Å²) >= 11 is 6.29. The average Bonchev–Trinajstić information content (AvgIpc) is 2.53. The number of carboxylic acid groups (broad SMARTS) is 1. The van der Waals surface area contributed by atoms with E-state index in [1.54, 1.807) is 6.92 Å². The second-order valence-corrected chi connectivity index (χ2v) is 6.27. The monoisotopic (exact) mass is 332 g/mol. The molecule has 2 rings (SSSR count). The molecule has 0 radical (unpaired) electrons. The van der Waals surface area contributed by atoms with Crippen molar-refractivity contribution in [2.75, 3.05) is 0 Å². The summed E-state index contributed by atoms with van der Waals surface area (Å²) in [5.74, 6) is -0.870. The lowest BCUT2D eigenvalue weighted by atomic mass is 9.69. The molecular formula is C19H21ClO3. The molecule has 2 aromatic carbocycles. The molecule has 0 amide bonds. The smallest absolute Gasteiger partial charge is 0.303 e. The Morgan fingerprint density at radius 3 is 2.30 bits per heavy atom. The summed E-state index contributed by atoms with van der Waals surface area (Å²) in [6.45, 7) is 1.71. The number of benzene rings is 2. The van der Waals surface area contributed by atoms with Gasteiger partial charge in [0.15, 0.2) is 0 Å². The maximum atomic E-state index is 11.1. The standard InChI is InChI=1S/C19H21ClO3/c1-14(21)19(12-11-18(22)23,16-8-3-2-4-9-16)13-15-7-5-6-10-17(15)20/h2-10,14,21H,11-13H2,1H3,(H,22,23). The molecule has 0 spiro atoms. The predicted molar refractivity (Wildman–Crippen MR) is 91.8 cm³/mol. The van der Waals surface area contributed by atoms with Crippen LogP contribution in [0.4, 0.5) is 0 Å². The van der Waals surface area contributed by atoms with Crippen molar-refractivity contribution >= 4 is 17.6 Å². The summed E-state index contributed by atoms with van der Waals surface area (Å²) in [4.78, 5) is 11.1. The maximum absolute atomic E-state index is 11.1. The highest BCUT2D eigenvalue weighted by Gasteiger charge is 2.38. The second kappa shape index (κ2) is 7.62. The Morgan fingerprint density at radius 1 is 1.13 bits per heavy atom. The lowest BCUT2D eigenvalue weighted by molar-refractivity contribution is -0.137. The normalized spacial score (nSPS) is 14.9. The molecule has 0 aliphatic rings. The van der Waals surface area contributed by atoms with Crippen LogP contribution in [0.1, 0.15) is 30.9 Å². The van der Waals surface area contributed by atoms with E-state index < -0.39 is 17.5 Å². The molecule has 0 heterocycles. The van der Waals surface area contributed by atoms with Gasteiger partial charge in [-0.05, 0) is 37.0 Å². The van der Waals surface area contributed by atoms with Crippen LogP contribution in [0, 0.1) is 0 Å². The Bertz CT molecular complexity index is 655. The van der Waals surface area contributed by atoms with Crippen LogP contribution in [0.3, 0.4) is 0 Å². The fourth-order valence-electron chi connectivity index (χ4n) is 3.01. The molecule has 3 nitrogen and oxygen atoms in total. The van der Waals surface area contributed by atoms with E-state index in [9.17, 15) is 9.90 Å². The van der Waals surface area contributed by atoms with Gasteiger partial charge in [0, 0.05) is 16.9 Å². The number of halogens is 1. The molecule has 2 atom stereocenters. The van der Waals surface area contributed by atoms with Gasteiger partial charge < -0.3 is 10.2 Å². The Kier molecular flexibility index (Phi) is 5.80. The number of hydrogen-bond acceptors (Lipinski definition) is 2. The number of carboxylic acids is 1. The lowest BCUT2D eigenvalue weighted by Crippen LogP contribution is -2.40. The zero-order chi connectivity index (χ0) is 16.9.